The molecular weight excluding hydrogens is 1400 g/mol. The fraction of sp³-hybridized carbons (Fsp3) is 0.943. The molecule has 35 nitrogen and oxygen atoms in total. The average molecular weight is 1510 g/mol. The number of allylic oxidation sites excluding steroid dienone is 2. The number of esters is 1. The summed E-state index contributed by atoms with van der Waals surface area (Å²) in [5.41, 5.74) is -3.27. The lowest BCUT2D eigenvalue weighted by Crippen LogP contribution is -2.68. The number of aliphatic hydroxyl groups excluding tert-OH is 19. The summed E-state index contributed by atoms with van der Waals surface area (Å²) in [5, 5.41) is 208. The third-order valence-electron chi connectivity index (χ3n) is 26.9. The zero-order chi connectivity index (χ0) is 76.4. The Hall–Kier alpha value is -2.40. The molecule has 602 valence electrons. The molecule has 0 spiro atoms. The summed E-state index contributed by atoms with van der Waals surface area (Å²) in [4.78, 5) is 30.1. The van der Waals surface area contributed by atoms with Crippen LogP contribution < -0.4 is 0 Å². The lowest BCUT2D eigenvalue weighted by Gasteiger charge is -2.71. The van der Waals surface area contributed by atoms with Gasteiger partial charge in [0.1, 0.15) is 147 Å². The number of ether oxygens (including phenoxy) is 14. The van der Waals surface area contributed by atoms with Crippen molar-refractivity contribution < 1.29 is 173 Å². The first-order chi connectivity index (χ1) is 49.4. The molecule has 0 aromatic heterocycles. The van der Waals surface area contributed by atoms with Gasteiger partial charge in [-0.3, -0.25) is 4.79 Å². The van der Waals surface area contributed by atoms with E-state index in [1.165, 1.54) is 13.8 Å². The molecule has 5 aliphatic carbocycles. The van der Waals surface area contributed by atoms with Gasteiger partial charge in [-0.2, -0.15) is 0 Å². The second kappa shape index (κ2) is 31.2. The number of carbonyl (C=O) groups excluding carboxylic acids is 2. The largest absolute Gasteiger partial charge is 0.432 e. The van der Waals surface area contributed by atoms with Crippen LogP contribution in [-0.2, 0) is 75.9 Å². The van der Waals surface area contributed by atoms with Crippen molar-refractivity contribution in [1.82, 2.24) is 0 Å². The van der Waals surface area contributed by atoms with Crippen LogP contribution in [0.4, 0.5) is 0 Å². The van der Waals surface area contributed by atoms with E-state index >= 15 is 4.79 Å². The molecule has 4 saturated carbocycles. The molecule has 0 aromatic carbocycles. The van der Waals surface area contributed by atoms with Crippen LogP contribution in [-0.4, -0.2) is 351 Å². The van der Waals surface area contributed by atoms with Crippen molar-refractivity contribution >= 4 is 12.3 Å². The highest BCUT2D eigenvalue weighted by molar-refractivity contribution is 5.79. The predicted octanol–water partition coefficient (Wildman–Crippen LogP) is -6.05. The van der Waals surface area contributed by atoms with Crippen LogP contribution in [0.3, 0.4) is 0 Å². The van der Waals surface area contributed by atoms with Gasteiger partial charge in [0.05, 0.1) is 62.2 Å². The van der Waals surface area contributed by atoms with Crippen LogP contribution in [0.15, 0.2) is 11.6 Å². The van der Waals surface area contributed by atoms with Crippen LogP contribution >= 0.6 is 0 Å². The second-order valence-electron chi connectivity index (χ2n) is 33.4. The summed E-state index contributed by atoms with van der Waals surface area (Å²) < 4.78 is 85.6. The average Bonchev–Trinajstić information content (AvgIpc) is 0.674. The second-order valence-corrected chi connectivity index (χ2v) is 33.4. The molecule has 0 aromatic rings. The predicted molar refractivity (Wildman–Crippen MR) is 346 cm³/mol. The van der Waals surface area contributed by atoms with Crippen LogP contribution in [0.25, 0.3) is 0 Å². The van der Waals surface area contributed by atoms with E-state index in [9.17, 15) is 102 Å². The molecule has 0 bridgehead atoms. The maximum atomic E-state index is 16.1. The van der Waals surface area contributed by atoms with Crippen LogP contribution in [0.5, 0.6) is 0 Å². The quantitative estimate of drug-likeness (QED) is 0.0263. The molecule has 35 heteroatoms. The Morgan fingerprint density at radius 3 is 1.55 bits per heavy atom. The van der Waals surface area contributed by atoms with E-state index in [0.717, 1.165) is 11.9 Å². The molecule has 7 saturated heterocycles. The number of rotatable bonds is 18. The molecule has 12 rings (SSSR count). The maximum Gasteiger partial charge on any atom is 0.315 e. The zero-order valence-corrected chi connectivity index (χ0v) is 60.2. The summed E-state index contributed by atoms with van der Waals surface area (Å²) in [7, 11) is 0. The van der Waals surface area contributed by atoms with Crippen molar-refractivity contribution in [3.63, 3.8) is 0 Å². The van der Waals surface area contributed by atoms with E-state index in [4.69, 9.17) is 66.3 Å². The lowest BCUT2D eigenvalue weighted by molar-refractivity contribution is -0.399. The highest BCUT2D eigenvalue weighted by atomic mass is 16.8. The Kier molecular flexibility index (Phi) is 24.4. The van der Waals surface area contributed by atoms with E-state index in [1.807, 2.05) is 6.92 Å². The van der Waals surface area contributed by atoms with E-state index in [0.29, 0.717) is 57.8 Å². The third-order valence-corrected chi connectivity index (χ3v) is 26.9. The lowest BCUT2D eigenvalue weighted by atomic mass is 9.33. The number of fused-ring (bicyclic) bond motifs is 7. The van der Waals surface area contributed by atoms with Gasteiger partial charge in [-0.25, -0.2) is 0 Å². The smallest absolute Gasteiger partial charge is 0.315 e. The van der Waals surface area contributed by atoms with Crippen molar-refractivity contribution in [2.45, 2.75) is 328 Å². The van der Waals surface area contributed by atoms with Gasteiger partial charge < -0.3 is 168 Å². The summed E-state index contributed by atoms with van der Waals surface area (Å²) >= 11 is 0. The topological polar surface area (TPSA) is 548 Å². The summed E-state index contributed by atoms with van der Waals surface area (Å²) in [5.74, 6) is -1.53. The standard InChI is InChI=1S/C70H112O35/c1-26-38(77)43(82)47(86)58(94-26)101-53-31(76)24-93-63(56(53)104-61-51(90)55(103-60-49(88)45(84)41(80)33(21-72)97-60)52(27(2)95-61)100-57-46(85)39(78)30(75)23-92-57)105-64(91)70-17-15-65(3,4)19-29(70)28-9-10-36-66(5)13-12-37(67(6,25-74)35(66)11-14-69(36,8)68(28,7)16-18-70)99-62-50(89)54(42(81)34(22-73)98-62)102-59-48(87)44(83)40(79)32(20-71)96-59/h9,25-27,29-63,71-73,75-90H,10-24H2,1-8H3/t26-,27+,29+,30-,31+,32-,33-,34-,35?,36-,37+,38+,39+,40+,41-,42-,43+,44+,45+,46-,47-,48-,49-,50-,51-,52+,53+,54+,55+,56-,57+,58+,59+,60+,61+,62+,63+,66+,67+,68-,69-,70+/m1/s1. The molecule has 7 aliphatic heterocycles. The molecular formula is C70H112O35. The molecule has 1 unspecified atom stereocenters. The minimum Gasteiger partial charge on any atom is -0.432 e. The van der Waals surface area contributed by atoms with Crippen molar-refractivity contribution in [1.29, 1.82) is 0 Å². The summed E-state index contributed by atoms with van der Waals surface area (Å²) in [6, 6.07) is 0. The Morgan fingerprint density at radius 1 is 0.457 bits per heavy atom. The first-order valence-corrected chi connectivity index (χ1v) is 36.9. The molecule has 42 atom stereocenters. The third kappa shape index (κ3) is 14.3. The van der Waals surface area contributed by atoms with Gasteiger partial charge in [0.2, 0.25) is 6.29 Å². The Bertz CT molecular complexity index is 3010. The molecule has 11 fully saturated rings. The highest BCUT2D eigenvalue weighted by Gasteiger charge is 2.71. The maximum absolute atomic E-state index is 16.1. The van der Waals surface area contributed by atoms with E-state index in [-0.39, 0.29) is 23.7 Å². The summed E-state index contributed by atoms with van der Waals surface area (Å²) in [6.07, 6.45) is -50.9. The number of aldehydes is 1. The molecule has 7 heterocycles. The van der Waals surface area contributed by atoms with E-state index < -0.39 is 281 Å². The van der Waals surface area contributed by atoms with Crippen molar-refractivity contribution in [3.05, 3.63) is 11.6 Å². The first kappa shape index (κ1) is 82.1. The van der Waals surface area contributed by atoms with Crippen molar-refractivity contribution in [2.24, 2.45) is 50.2 Å². The number of aliphatic hydroxyl groups is 19. The minimum absolute atomic E-state index is 0.0512. The minimum atomic E-state index is -2.16. The Morgan fingerprint density at radius 2 is 0.943 bits per heavy atom. The number of hydrogen-bond acceptors (Lipinski definition) is 35. The van der Waals surface area contributed by atoms with Gasteiger partial charge in [-0.1, -0.05) is 53.2 Å². The van der Waals surface area contributed by atoms with Gasteiger partial charge in [-0.05, 0) is 117 Å². The van der Waals surface area contributed by atoms with E-state index in [2.05, 4.69) is 40.7 Å². The molecule has 12 aliphatic rings. The van der Waals surface area contributed by atoms with Crippen LogP contribution in [0.2, 0.25) is 0 Å². The molecule has 105 heavy (non-hydrogen) atoms. The van der Waals surface area contributed by atoms with Gasteiger partial charge in [0, 0.05) is 0 Å². The monoisotopic (exact) mass is 1510 g/mol. The van der Waals surface area contributed by atoms with Gasteiger partial charge in [-0.15, -0.1) is 0 Å². The highest BCUT2D eigenvalue weighted by Crippen LogP contribution is 2.76. The molecule has 0 amide bonds. The van der Waals surface area contributed by atoms with Gasteiger partial charge in [0.15, 0.2) is 43.8 Å². The Balaban J connectivity index is 0.821. The van der Waals surface area contributed by atoms with Crippen LogP contribution in [0, 0.1) is 50.2 Å². The SMILES string of the molecule is C[C@@H]1O[C@@H](O[C@H]2[C@H](OC(=O)[C@]34CCC(C)(C)C[C@H]3C3=CC[C@@H]5[C@@]6(C)CC[C@H](O[C@@H]7O[C@H](CO)[C@@H](O)[C@H](O[C@@H]8O[C@H](CO)[C@H](O)[C@H](O)[C@H]8O)[C@H]7O)[C@@](C)(C=O)C6CC[C@@]5(C)[C@]3(C)CC4)OC[C@H](O)[C@@H]2O[C@@H]2O[C@H](C)[C@H](O)[C@H](O)[C@H]2O)[C@H](O)[C@H](O[C@@H]2O[C@H](CO)[C@@H](O)[C@H](O)[C@H]2O)[C@H]1O[C@@H]1OC[C@@H](O)[C@H](O)[C@H]1O. The van der Waals surface area contributed by atoms with Crippen LogP contribution in [0.1, 0.15) is 120 Å². The van der Waals surface area contributed by atoms with E-state index in [1.54, 1.807) is 0 Å². The normalized spacial score (nSPS) is 55.1. The first-order valence-electron chi connectivity index (χ1n) is 36.9. The number of carbonyl (C=O) groups is 2. The molecule has 19 N–H and O–H groups in total. The van der Waals surface area contributed by atoms with Crippen molar-refractivity contribution in [3.8, 4) is 0 Å². The van der Waals surface area contributed by atoms with Gasteiger partial charge in [0.25, 0.3) is 0 Å². The molecule has 0 radical (unpaired) electrons. The fourth-order valence-corrected chi connectivity index (χ4v) is 20.2. The van der Waals surface area contributed by atoms with Crippen molar-refractivity contribution in [2.75, 3.05) is 33.0 Å². The summed E-state index contributed by atoms with van der Waals surface area (Å²) in [6.45, 7) is 12.1. The zero-order valence-electron chi connectivity index (χ0n) is 60.2. The van der Waals surface area contributed by atoms with Gasteiger partial charge >= 0.3 is 5.97 Å². The fourth-order valence-electron chi connectivity index (χ4n) is 20.2. The Labute approximate surface area is 606 Å². The number of hydrogen-bond donors (Lipinski definition) is 19.